The number of hydrogen-bond donors (Lipinski definition) is 3. The van der Waals surface area contributed by atoms with Crippen molar-refractivity contribution in [2.45, 2.75) is 0 Å². The van der Waals surface area contributed by atoms with Gasteiger partial charge in [-0.05, 0) is 18.2 Å². The Balaban J connectivity index is 2.76. The number of ether oxygens (including phenoxy) is 1. The van der Waals surface area contributed by atoms with Gasteiger partial charge in [-0.1, -0.05) is 12.1 Å². The van der Waals surface area contributed by atoms with Crippen molar-refractivity contribution in [1.29, 1.82) is 0 Å². The van der Waals surface area contributed by atoms with E-state index < -0.39 is 0 Å². The number of hydrogen-bond acceptors (Lipinski definition) is 4. The van der Waals surface area contributed by atoms with Crippen LogP contribution in [0.3, 0.4) is 0 Å². The predicted molar refractivity (Wildman–Crippen MR) is 76.3 cm³/mol. The Labute approximate surface area is 112 Å². The highest BCUT2D eigenvalue weighted by Crippen LogP contribution is 2.23. The minimum absolute atomic E-state index is 0.444. The quantitative estimate of drug-likeness (QED) is 0.384. The van der Waals surface area contributed by atoms with Gasteiger partial charge in [-0.3, -0.25) is 9.79 Å². The third-order valence-corrected chi connectivity index (χ3v) is 2.17. The first-order valence-electron chi connectivity index (χ1n) is 5.83. The Kier molecular flexibility index (Phi) is 6.75. The molecule has 1 amide bonds. The van der Waals surface area contributed by atoms with Gasteiger partial charge in [-0.15, -0.1) is 0 Å². The van der Waals surface area contributed by atoms with Crippen LogP contribution in [-0.2, 0) is 4.79 Å². The molecule has 0 aromatic heterocycles. The van der Waals surface area contributed by atoms with E-state index in [0.29, 0.717) is 31.1 Å². The third kappa shape index (κ3) is 5.22. The summed E-state index contributed by atoms with van der Waals surface area (Å²) in [6.45, 7) is 0.895. The highest BCUT2D eigenvalue weighted by molar-refractivity contribution is 6.04. The number of aliphatic imine (C=N–C) groups is 1. The van der Waals surface area contributed by atoms with Gasteiger partial charge in [0, 0.05) is 19.8 Å². The van der Waals surface area contributed by atoms with E-state index in [1.165, 1.54) is 6.20 Å². The van der Waals surface area contributed by atoms with Crippen molar-refractivity contribution in [1.82, 2.24) is 5.32 Å². The molecular weight excluding hydrogens is 244 g/mol. The molecule has 0 bridgehead atoms. The van der Waals surface area contributed by atoms with Gasteiger partial charge in [0.05, 0.1) is 5.69 Å². The van der Waals surface area contributed by atoms with Gasteiger partial charge in [0.15, 0.2) is 0 Å². The van der Waals surface area contributed by atoms with E-state index in [9.17, 15) is 4.79 Å². The summed E-state index contributed by atoms with van der Waals surface area (Å²) in [5, 5.41) is 5.52. The zero-order valence-electron chi connectivity index (χ0n) is 10.8. The van der Waals surface area contributed by atoms with Crippen molar-refractivity contribution in [3.8, 4) is 5.75 Å². The van der Waals surface area contributed by atoms with E-state index in [-0.39, 0.29) is 0 Å². The van der Waals surface area contributed by atoms with Crippen molar-refractivity contribution in [3.05, 3.63) is 36.5 Å². The Morgan fingerprint density at radius 2 is 2.26 bits per heavy atom. The second kappa shape index (κ2) is 8.71. The van der Waals surface area contributed by atoms with Crippen LogP contribution < -0.4 is 21.1 Å². The molecule has 0 spiro atoms. The Hall–Kier alpha value is -2.34. The summed E-state index contributed by atoms with van der Waals surface area (Å²) in [5.74, 6) is 1.30. The summed E-state index contributed by atoms with van der Waals surface area (Å²) in [6, 6.07) is 7.48. The SMILES string of the molecule is CN=C(/C=C\NC=O)Nc1ccccc1OCCN. The number of rotatable bonds is 7. The zero-order chi connectivity index (χ0) is 13.9. The summed E-state index contributed by atoms with van der Waals surface area (Å²) < 4.78 is 5.52. The Morgan fingerprint density at radius 3 is 2.95 bits per heavy atom. The van der Waals surface area contributed by atoms with E-state index in [1.54, 1.807) is 13.1 Å². The molecule has 0 aliphatic carbocycles. The Bertz CT molecular complexity index is 458. The number of carbonyl (C=O) groups excluding carboxylic acids is 1. The maximum absolute atomic E-state index is 10.2. The number of amides is 1. The zero-order valence-corrected chi connectivity index (χ0v) is 10.8. The van der Waals surface area contributed by atoms with Gasteiger partial charge in [0.2, 0.25) is 6.41 Å². The maximum atomic E-state index is 10.2. The summed E-state index contributed by atoms with van der Waals surface area (Å²) in [6.07, 6.45) is 3.72. The van der Waals surface area contributed by atoms with Crippen LogP contribution >= 0.6 is 0 Å². The summed E-state index contributed by atoms with van der Waals surface area (Å²) >= 11 is 0. The molecule has 1 rings (SSSR count). The fourth-order valence-corrected chi connectivity index (χ4v) is 1.34. The van der Waals surface area contributed by atoms with E-state index in [1.807, 2.05) is 24.3 Å². The molecule has 0 unspecified atom stereocenters. The first-order chi connectivity index (χ1) is 9.31. The lowest BCUT2D eigenvalue weighted by molar-refractivity contribution is -0.108. The average molecular weight is 262 g/mol. The molecule has 0 aliphatic heterocycles. The van der Waals surface area contributed by atoms with Crippen molar-refractivity contribution < 1.29 is 9.53 Å². The summed E-state index contributed by atoms with van der Waals surface area (Å²) in [4.78, 5) is 14.2. The molecule has 0 saturated heterocycles. The van der Waals surface area contributed by atoms with Gasteiger partial charge < -0.3 is 21.1 Å². The van der Waals surface area contributed by atoms with Crippen LogP contribution in [0.25, 0.3) is 0 Å². The molecule has 1 aromatic rings. The molecule has 0 aliphatic rings. The first-order valence-corrected chi connectivity index (χ1v) is 5.83. The van der Waals surface area contributed by atoms with Crippen LogP contribution in [0.1, 0.15) is 0 Å². The monoisotopic (exact) mass is 262 g/mol. The number of anilines is 1. The summed E-state index contributed by atoms with van der Waals surface area (Å²) in [7, 11) is 1.65. The topological polar surface area (TPSA) is 88.7 Å². The maximum Gasteiger partial charge on any atom is 0.211 e. The average Bonchev–Trinajstić information content (AvgIpc) is 2.45. The second-order valence-corrected chi connectivity index (χ2v) is 3.48. The Morgan fingerprint density at radius 1 is 1.47 bits per heavy atom. The second-order valence-electron chi connectivity index (χ2n) is 3.48. The van der Waals surface area contributed by atoms with Gasteiger partial charge >= 0.3 is 0 Å². The number of amidine groups is 1. The summed E-state index contributed by atoms with van der Waals surface area (Å²) in [5.41, 5.74) is 6.20. The van der Waals surface area contributed by atoms with Crippen LogP contribution in [0.2, 0.25) is 0 Å². The molecule has 6 heteroatoms. The van der Waals surface area contributed by atoms with Crippen LogP contribution in [0.15, 0.2) is 41.5 Å². The fourth-order valence-electron chi connectivity index (χ4n) is 1.34. The molecule has 0 atom stereocenters. The van der Waals surface area contributed by atoms with Gasteiger partial charge in [-0.2, -0.15) is 0 Å². The molecule has 0 saturated carbocycles. The first kappa shape index (κ1) is 14.7. The fraction of sp³-hybridized carbons (Fsp3) is 0.231. The van der Waals surface area contributed by atoms with Crippen LogP contribution in [-0.4, -0.2) is 32.4 Å². The number of para-hydroxylation sites is 2. The van der Waals surface area contributed by atoms with Crippen molar-refractivity contribution >= 4 is 17.9 Å². The van der Waals surface area contributed by atoms with E-state index in [4.69, 9.17) is 10.5 Å². The number of carbonyl (C=O) groups is 1. The van der Waals surface area contributed by atoms with Crippen molar-refractivity contribution in [3.63, 3.8) is 0 Å². The van der Waals surface area contributed by atoms with E-state index >= 15 is 0 Å². The van der Waals surface area contributed by atoms with Gasteiger partial charge in [0.1, 0.15) is 18.2 Å². The number of nitrogens with one attached hydrogen (secondary N) is 2. The minimum atomic E-state index is 0.444. The molecule has 6 nitrogen and oxygen atoms in total. The molecule has 0 radical (unpaired) electrons. The largest absolute Gasteiger partial charge is 0.490 e. The van der Waals surface area contributed by atoms with E-state index in [0.717, 1.165) is 5.69 Å². The molecule has 102 valence electrons. The standard InChI is InChI=1S/C13H18N4O2/c1-15-13(6-8-16-10-18)17-11-4-2-3-5-12(11)19-9-7-14/h2-6,8,10H,7,9,14H2,1H3,(H,15,17)(H,16,18)/b8-6-. The lowest BCUT2D eigenvalue weighted by Gasteiger charge is -2.12. The highest BCUT2D eigenvalue weighted by atomic mass is 16.5. The normalized spacial score (nSPS) is 11.4. The van der Waals surface area contributed by atoms with Crippen molar-refractivity contribution in [2.75, 3.05) is 25.5 Å². The van der Waals surface area contributed by atoms with E-state index in [2.05, 4.69) is 15.6 Å². The number of benzene rings is 1. The minimum Gasteiger partial charge on any atom is -0.490 e. The predicted octanol–water partition coefficient (Wildman–Crippen LogP) is 0.724. The van der Waals surface area contributed by atoms with Crippen LogP contribution in [0.5, 0.6) is 5.75 Å². The van der Waals surface area contributed by atoms with Crippen LogP contribution in [0, 0.1) is 0 Å². The smallest absolute Gasteiger partial charge is 0.211 e. The molecule has 1 aromatic carbocycles. The van der Waals surface area contributed by atoms with Gasteiger partial charge in [0.25, 0.3) is 0 Å². The molecule has 4 N–H and O–H groups in total. The number of nitrogens with zero attached hydrogens (tertiary/aromatic N) is 1. The lowest BCUT2D eigenvalue weighted by atomic mass is 10.3. The highest BCUT2D eigenvalue weighted by Gasteiger charge is 2.03. The molecule has 19 heavy (non-hydrogen) atoms. The molecule has 0 heterocycles. The third-order valence-electron chi connectivity index (χ3n) is 2.17. The molecular formula is C13H18N4O2. The van der Waals surface area contributed by atoms with Gasteiger partial charge in [-0.25, -0.2) is 0 Å². The lowest BCUT2D eigenvalue weighted by Crippen LogP contribution is -2.14. The van der Waals surface area contributed by atoms with Crippen LogP contribution in [0.4, 0.5) is 5.69 Å². The number of nitrogens with two attached hydrogens (primary N) is 1. The molecule has 0 fully saturated rings. The van der Waals surface area contributed by atoms with Crippen molar-refractivity contribution in [2.24, 2.45) is 10.7 Å².